The summed E-state index contributed by atoms with van der Waals surface area (Å²) in [5.41, 5.74) is 4.39. The summed E-state index contributed by atoms with van der Waals surface area (Å²) < 4.78 is 16.0. The normalized spacial score (nSPS) is 15.0. The van der Waals surface area contributed by atoms with Crippen LogP contribution in [0.2, 0.25) is 0 Å². The Labute approximate surface area is 240 Å². The van der Waals surface area contributed by atoms with E-state index in [0.29, 0.717) is 41.3 Å². The van der Waals surface area contributed by atoms with Gasteiger partial charge >= 0.3 is 5.97 Å². The Bertz CT molecular complexity index is 1420. The van der Waals surface area contributed by atoms with Crippen LogP contribution in [0.5, 0.6) is 11.5 Å². The lowest BCUT2D eigenvalue weighted by atomic mass is 9.83. The van der Waals surface area contributed by atoms with Gasteiger partial charge in [-0.2, -0.15) is 0 Å². The summed E-state index contributed by atoms with van der Waals surface area (Å²) >= 11 is 0. The number of amides is 2. The molecule has 0 bridgehead atoms. The summed E-state index contributed by atoms with van der Waals surface area (Å²) in [5.74, 6) is 0.291. The molecule has 1 N–H and O–H groups in total. The third kappa shape index (κ3) is 6.95. The van der Waals surface area contributed by atoms with Crippen LogP contribution >= 0.6 is 0 Å². The van der Waals surface area contributed by atoms with Gasteiger partial charge in [-0.1, -0.05) is 48.5 Å². The van der Waals surface area contributed by atoms with Crippen LogP contribution in [-0.4, -0.2) is 50.1 Å². The number of hydrogen-bond donors (Lipinski definition) is 1. The number of nitrogens with one attached hydrogen (secondary N) is 1. The van der Waals surface area contributed by atoms with Crippen molar-refractivity contribution >= 4 is 17.8 Å². The first-order chi connectivity index (χ1) is 19.9. The van der Waals surface area contributed by atoms with Crippen LogP contribution in [0, 0.1) is 0 Å². The van der Waals surface area contributed by atoms with Gasteiger partial charge in [-0.15, -0.1) is 0 Å². The van der Waals surface area contributed by atoms with Crippen molar-refractivity contribution in [3.05, 3.63) is 106 Å². The number of hydrogen-bond acceptors (Lipinski definition) is 6. The minimum atomic E-state index is -0.406. The molecule has 0 radical (unpaired) electrons. The maximum atomic E-state index is 13.3. The fourth-order valence-electron chi connectivity index (χ4n) is 5.05. The molecule has 4 rings (SSSR count). The Morgan fingerprint density at radius 2 is 1.61 bits per heavy atom. The highest BCUT2D eigenvalue weighted by atomic mass is 16.5. The Kier molecular flexibility index (Phi) is 9.79. The Morgan fingerprint density at radius 3 is 2.27 bits per heavy atom. The minimum Gasteiger partial charge on any atom is -0.493 e. The quantitative estimate of drug-likeness (QED) is 0.333. The predicted octanol–water partition coefficient (Wildman–Crippen LogP) is 5.03. The average Bonchev–Trinajstić information content (AvgIpc) is 2.99. The zero-order chi connectivity index (χ0) is 29.4. The number of carbonyl (C=O) groups excluding carboxylic acids is 3. The average molecular weight is 557 g/mol. The fourth-order valence-corrected chi connectivity index (χ4v) is 5.05. The highest BCUT2D eigenvalue weighted by Crippen LogP contribution is 2.37. The largest absolute Gasteiger partial charge is 0.493 e. The molecule has 8 heteroatoms. The van der Waals surface area contributed by atoms with E-state index in [1.807, 2.05) is 60.7 Å². The number of nitrogens with zero attached hydrogens (tertiary/aromatic N) is 1. The molecule has 2 amide bonds. The smallest absolute Gasteiger partial charge is 0.336 e. The van der Waals surface area contributed by atoms with Gasteiger partial charge in [-0.3, -0.25) is 9.59 Å². The van der Waals surface area contributed by atoms with Gasteiger partial charge in [0.05, 0.1) is 32.9 Å². The second-order valence-electron chi connectivity index (χ2n) is 9.76. The van der Waals surface area contributed by atoms with E-state index < -0.39 is 5.97 Å². The molecule has 0 aliphatic carbocycles. The highest BCUT2D eigenvalue weighted by Gasteiger charge is 2.36. The van der Waals surface area contributed by atoms with Crippen LogP contribution in [0.25, 0.3) is 0 Å². The van der Waals surface area contributed by atoms with Crippen molar-refractivity contribution in [2.24, 2.45) is 0 Å². The summed E-state index contributed by atoms with van der Waals surface area (Å²) in [6.45, 7) is 4.56. The fraction of sp³-hybridized carbons (Fsp3) is 0.303. The standard InChI is InChI=1S/C33H36N2O6/c1-5-41-33(38)31-22(2)35(30(36)20-27(31)25-9-7-6-8-10-25)21-24-11-14-26(15-12-24)32(37)34-18-17-23-13-16-28(39-3)29(19-23)40-4/h6-16,19,27H,5,17-18,20-21H2,1-4H3,(H,34,37). The number of carbonyl (C=O) groups is 3. The van der Waals surface area contributed by atoms with Crippen molar-refractivity contribution in [1.29, 1.82) is 0 Å². The van der Waals surface area contributed by atoms with Crippen LogP contribution in [0.1, 0.15) is 53.2 Å². The summed E-state index contributed by atoms with van der Waals surface area (Å²) in [5, 5.41) is 2.94. The molecule has 8 nitrogen and oxygen atoms in total. The molecule has 214 valence electrons. The zero-order valence-corrected chi connectivity index (χ0v) is 23.9. The van der Waals surface area contributed by atoms with Crippen molar-refractivity contribution in [2.75, 3.05) is 27.4 Å². The van der Waals surface area contributed by atoms with Gasteiger partial charge in [0.1, 0.15) is 0 Å². The van der Waals surface area contributed by atoms with Crippen molar-refractivity contribution in [2.45, 2.75) is 39.2 Å². The number of esters is 1. The lowest BCUT2D eigenvalue weighted by Gasteiger charge is -2.34. The first-order valence-electron chi connectivity index (χ1n) is 13.7. The molecular formula is C33H36N2O6. The van der Waals surface area contributed by atoms with Crippen molar-refractivity contribution in [3.8, 4) is 11.5 Å². The predicted molar refractivity (Wildman–Crippen MR) is 156 cm³/mol. The molecule has 0 fully saturated rings. The molecule has 0 aromatic heterocycles. The summed E-state index contributed by atoms with van der Waals surface area (Å²) in [6, 6.07) is 22.4. The molecule has 1 heterocycles. The molecule has 1 unspecified atom stereocenters. The van der Waals surface area contributed by atoms with Crippen LogP contribution in [-0.2, 0) is 27.3 Å². The van der Waals surface area contributed by atoms with Gasteiger partial charge in [-0.05, 0) is 61.2 Å². The number of benzene rings is 3. The SMILES string of the molecule is CCOC(=O)C1=C(C)N(Cc2ccc(C(=O)NCCc3ccc(OC)c(OC)c3)cc2)C(=O)CC1c1ccccc1. The second-order valence-corrected chi connectivity index (χ2v) is 9.76. The van der Waals surface area contributed by atoms with Crippen molar-refractivity contribution in [3.63, 3.8) is 0 Å². The van der Waals surface area contributed by atoms with E-state index in [9.17, 15) is 14.4 Å². The van der Waals surface area contributed by atoms with E-state index >= 15 is 0 Å². The summed E-state index contributed by atoms with van der Waals surface area (Å²) in [6.07, 6.45) is 0.815. The third-order valence-electron chi connectivity index (χ3n) is 7.22. The third-order valence-corrected chi connectivity index (χ3v) is 7.22. The van der Waals surface area contributed by atoms with Crippen LogP contribution < -0.4 is 14.8 Å². The lowest BCUT2D eigenvalue weighted by molar-refractivity contribution is -0.140. The van der Waals surface area contributed by atoms with Crippen molar-refractivity contribution < 1.29 is 28.6 Å². The van der Waals surface area contributed by atoms with E-state index in [1.165, 1.54) is 0 Å². The van der Waals surface area contributed by atoms with Gasteiger partial charge < -0.3 is 24.4 Å². The van der Waals surface area contributed by atoms with E-state index in [2.05, 4.69) is 5.32 Å². The monoisotopic (exact) mass is 556 g/mol. The van der Waals surface area contributed by atoms with E-state index in [-0.39, 0.29) is 37.3 Å². The Morgan fingerprint density at radius 1 is 0.927 bits per heavy atom. The number of rotatable bonds is 11. The Hall–Kier alpha value is -4.59. The minimum absolute atomic E-state index is 0.0682. The molecule has 41 heavy (non-hydrogen) atoms. The van der Waals surface area contributed by atoms with Gasteiger partial charge in [0.25, 0.3) is 5.91 Å². The Balaban J connectivity index is 1.42. The molecule has 3 aromatic rings. The van der Waals surface area contributed by atoms with E-state index in [4.69, 9.17) is 14.2 Å². The van der Waals surface area contributed by atoms with Gasteiger partial charge in [-0.25, -0.2) is 4.79 Å². The van der Waals surface area contributed by atoms with E-state index in [0.717, 1.165) is 16.7 Å². The molecular weight excluding hydrogens is 520 g/mol. The first kappa shape index (κ1) is 29.4. The van der Waals surface area contributed by atoms with Crippen molar-refractivity contribution in [1.82, 2.24) is 10.2 Å². The van der Waals surface area contributed by atoms with E-state index in [1.54, 1.807) is 45.1 Å². The first-order valence-corrected chi connectivity index (χ1v) is 13.7. The number of ether oxygens (including phenoxy) is 3. The topological polar surface area (TPSA) is 94.2 Å². The van der Waals surface area contributed by atoms with Crippen LogP contribution in [0.3, 0.4) is 0 Å². The summed E-state index contributed by atoms with van der Waals surface area (Å²) in [4.78, 5) is 40.6. The summed E-state index contributed by atoms with van der Waals surface area (Å²) in [7, 11) is 3.18. The number of methoxy groups -OCH3 is 2. The van der Waals surface area contributed by atoms with Crippen LogP contribution in [0.15, 0.2) is 84.1 Å². The highest BCUT2D eigenvalue weighted by molar-refractivity contribution is 5.96. The molecule has 3 aromatic carbocycles. The maximum Gasteiger partial charge on any atom is 0.336 e. The van der Waals surface area contributed by atoms with Crippen LogP contribution in [0.4, 0.5) is 0 Å². The molecule has 0 spiro atoms. The van der Waals surface area contributed by atoms with Gasteiger partial charge in [0, 0.05) is 30.1 Å². The van der Waals surface area contributed by atoms with Gasteiger partial charge in [0.15, 0.2) is 11.5 Å². The molecule has 0 saturated carbocycles. The molecule has 1 aliphatic heterocycles. The number of allylic oxidation sites excluding steroid dienone is 1. The second kappa shape index (κ2) is 13.7. The maximum absolute atomic E-state index is 13.3. The molecule has 1 aliphatic rings. The lowest BCUT2D eigenvalue weighted by Crippen LogP contribution is -2.38. The zero-order valence-electron chi connectivity index (χ0n) is 23.9. The molecule has 0 saturated heterocycles. The molecule has 1 atom stereocenters. The van der Waals surface area contributed by atoms with Gasteiger partial charge in [0.2, 0.25) is 5.91 Å².